The molecule has 0 radical (unpaired) electrons. The molecule has 108 valence electrons. The van der Waals surface area contributed by atoms with Gasteiger partial charge in [-0.2, -0.15) is 29.7 Å². The number of nitriles is 1. The molecule has 1 nitrogen and oxygen atoms in total. The standard InChI is InChI=1S/C17H23NS2/c1-13(2)14-4-5-16(11-18)15(10-14)6-9-20-12-17(19)7-3-8-17/h4-5,10,13,19H,3,6-9,12H2,1-2H3. The van der Waals surface area contributed by atoms with Crippen molar-refractivity contribution in [1.29, 1.82) is 5.26 Å². The van der Waals surface area contributed by atoms with E-state index in [1.807, 2.05) is 17.8 Å². The van der Waals surface area contributed by atoms with Crippen LogP contribution in [0.4, 0.5) is 0 Å². The summed E-state index contributed by atoms with van der Waals surface area (Å²) in [6, 6.07) is 8.58. The van der Waals surface area contributed by atoms with Crippen LogP contribution in [-0.2, 0) is 6.42 Å². The van der Waals surface area contributed by atoms with Gasteiger partial charge in [0.05, 0.1) is 11.6 Å². The van der Waals surface area contributed by atoms with Crippen molar-refractivity contribution in [3.8, 4) is 6.07 Å². The normalized spacial score (nSPS) is 16.8. The average molecular weight is 306 g/mol. The molecule has 1 aromatic carbocycles. The Morgan fingerprint density at radius 1 is 1.40 bits per heavy atom. The highest BCUT2D eigenvalue weighted by atomic mass is 32.2. The Kier molecular flexibility index (Phi) is 5.46. The van der Waals surface area contributed by atoms with E-state index in [4.69, 9.17) is 12.6 Å². The molecule has 0 N–H and O–H groups in total. The highest BCUT2D eigenvalue weighted by Crippen LogP contribution is 2.40. The van der Waals surface area contributed by atoms with Crippen LogP contribution in [0.3, 0.4) is 0 Å². The van der Waals surface area contributed by atoms with Crippen LogP contribution in [0, 0.1) is 11.3 Å². The van der Waals surface area contributed by atoms with Gasteiger partial charge in [-0.3, -0.25) is 0 Å². The Bertz CT molecular complexity index is 498. The van der Waals surface area contributed by atoms with E-state index in [1.54, 1.807) is 0 Å². The lowest BCUT2D eigenvalue weighted by atomic mass is 9.86. The monoisotopic (exact) mass is 305 g/mol. The van der Waals surface area contributed by atoms with Crippen LogP contribution in [-0.4, -0.2) is 16.3 Å². The van der Waals surface area contributed by atoms with Crippen molar-refractivity contribution in [1.82, 2.24) is 0 Å². The van der Waals surface area contributed by atoms with Crippen molar-refractivity contribution in [2.75, 3.05) is 11.5 Å². The van der Waals surface area contributed by atoms with Gasteiger partial charge in [-0.15, -0.1) is 0 Å². The van der Waals surface area contributed by atoms with Crippen molar-refractivity contribution in [2.24, 2.45) is 0 Å². The number of rotatable bonds is 6. The van der Waals surface area contributed by atoms with Crippen LogP contribution in [0.2, 0.25) is 0 Å². The first-order valence-electron chi connectivity index (χ1n) is 7.37. The number of aryl methyl sites for hydroxylation is 1. The number of hydrogen-bond acceptors (Lipinski definition) is 3. The molecule has 20 heavy (non-hydrogen) atoms. The van der Waals surface area contributed by atoms with E-state index in [-0.39, 0.29) is 0 Å². The molecular weight excluding hydrogens is 282 g/mol. The Hall–Kier alpha value is -0.590. The highest BCUT2D eigenvalue weighted by molar-refractivity contribution is 8.00. The van der Waals surface area contributed by atoms with Crippen LogP contribution in [0.5, 0.6) is 0 Å². The van der Waals surface area contributed by atoms with E-state index in [1.165, 1.54) is 30.4 Å². The van der Waals surface area contributed by atoms with Crippen LogP contribution >= 0.6 is 24.4 Å². The second-order valence-electron chi connectivity index (χ2n) is 6.06. The lowest BCUT2D eigenvalue weighted by Gasteiger charge is -2.36. The largest absolute Gasteiger partial charge is 0.192 e. The Morgan fingerprint density at radius 3 is 2.70 bits per heavy atom. The third-order valence-electron chi connectivity index (χ3n) is 4.09. The first-order chi connectivity index (χ1) is 9.54. The zero-order chi connectivity index (χ0) is 14.6. The van der Waals surface area contributed by atoms with E-state index in [0.717, 1.165) is 23.5 Å². The molecule has 0 unspecified atom stereocenters. The quantitative estimate of drug-likeness (QED) is 0.602. The molecule has 0 aromatic heterocycles. The summed E-state index contributed by atoms with van der Waals surface area (Å²) in [7, 11) is 0. The van der Waals surface area contributed by atoms with Gasteiger partial charge >= 0.3 is 0 Å². The van der Waals surface area contributed by atoms with Gasteiger partial charge in [0.25, 0.3) is 0 Å². The second-order valence-corrected chi connectivity index (χ2v) is 8.12. The fraction of sp³-hybridized carbons (Fsp3) is 0.588. The maximum atomic E-state index is 9.21. The minimum Gasteiger partial charge on any atom is -0.192 e. The van der Waals surface area contributed by atoms with Crippen molar-refractivity contribution >= 4 is 24.4 Å². The number of benzene rings is 1. The van der Waals surface area contributed by atoms with Crippen LogP contribution in [0.25, 0.3) is 0 Å². The molecule has 1 aromatic rings. The summed E-state index contributed by atoms with van der Waals surface area (Å²) in [6.07, 6.45) is 4.84. The molecule has 0 atom stereocenters. The first-order valence-corrected chi connectivity index (χ1v) is 8.97. The SMILES string of the molecule is CC(C)c1ccc(C#N)c(CCSCC2(S)CCC2)c1. The zero-order valence-corrected chi connectivity index (χ0v) is 14.1. The lowest BCUT2D eigenvalue weighted by molar-refractivity contribution is 0.402. The van der Waals surface area contributed by atoms with E-state index < -0.39 is 0 Å². The maximum Gasteiger partial charge on any atom is 0.0994 e. The topological polar surface area (TPSA) is 23.8 Å². The molecule has 2 rings (SSSR count). The molecular formula is C17H23NS2. The second kappa shape index (κ2) is 6.91. The van der Waals surface area contributed by atoms with Crippen LogP contribution in [0.1, 0.15) is 55.7 Å². The number of thioether (sulfide) groups is 1. The Labute approximate surface area is 132 Å². The number of thiol groups is 1. The van der Waals surface area contributed by atoms with E-state index >= 15 is 0 Å². The van der Waals surface area contributed by atoms with Gasteiger partial charge in [0.2, 0.25) is 0 Å². The molecule has 1 aliphatic rings. The summed E-state index contributed by atoms with van der Waals surface area (Å²) in [5.41, 5.74) is 3.36. The first kappa shape index (κ1) is 15.8. The molecule has 1 aliphatic carbocycles. The fourth-order valence-corrected chi connectivity index (χ4v) is 4.23. The summed E-state index contributed by atoms with van der Waals surface area (Å²) in [4.78, 5) is 0. The van der Waals surface area contributed by atoms with Crippen LogP contribution in [0.15, 0.2) is 18.2 Å². The third-order valence-corrected chi connectivity index (χ3v) is 6.16. The molecule has 0 aliphatic heterocycles. The van der Waals surface area contributed by atoms with Crippen molar-refractivity contribution < 1.29 is 0 Å². The molecule has 0 saturated heterocycles. The number of hydrogen-bond donors (Lipinski definition) is 1. The van der Waals surface area contributed by atoms with Gasteiger partial charge in [-0.05, 0) is 48.1 Å². The molecule has 1 fully saturated rings. The molecule has 0 bridgehead atoms. The van der Waals surface area contributed by atoms with Crippen molar-refractivity contribution in [3.63, 3.8) is 0 Å². The highest BCUT2D eigenvalue weighted by Gasteiger charge is 2.32. The Balaban J connectivity index is 1.90. The summed E-state index contributed by atoms with van der Waals surface area (Å²) in [5.74, 6) is 2.74. The molecule has 1 saturated carbocycles. The summed E-state index contributed by atoms with van der Waals surface area (Å²) in [6.45, 7) is 4.39. The number of nitrogens with zero attached hydrogens (tertiary/aromatic N) is 1. The van der Waals surface area contributed by atoms with Gasteiger partial charge in [0.1, 0.15) is 0 Å². The predicted octanol–water partition coefficient (Wildman–Crippen LogP) is 4.81. The zero-order valence-electron chi connectivity index (χ0n) is 12.4. The molecule has 3 heteroatoms. The fourth-order valence-electron chi connectivity index (χ4n) is 2.46. The summed E-state index contributed by atoms with van der Waals surface area (Å²) in [5, 5.41) is 9.21. The van der Waals surface area contributed by atoms with E-state index in [0.29, 0.717) is 10.7 Å². The van der Waals surface area contributed by atoms with Gasteiger partial charge < -0.3 is 0 Å². The average Bonchev–Trinajstić information content (AvgIpc) is 2.41. The van der Waals surface area contributed by atoms with Gasteiger partial charge in [-0.1, -0.05) is 32.4 Å². The van der Waals surface area contributed by atoms with Gasteiger partial charge in [0.15, 0.2) is 0 Å². The predicted molar refractivity (Wildman–Crippen MR) is 91.8 cm³/mol. The lowest BCUT2D eigenvalue weighted by Crippen LogP contribution is -2.33. The third kappa shape index (κ3) is 3.96. The molecule has 0 heterocycles. The minimum atomic E-state index is 0.294. The summed E-state index contributed by atoms with van der Waals surface area (Å²) >= 11 is 6.72. The van der Waals surface area contributed by atoms with Crippen LogP contribution < -0.4 is 0 Å². The van der Waals surface area contributed by atoms with E-state index in [2.05, 4.69) is 32.0 Å². The van der Waals surface area contributed by atoms with Crippen molar-refractivity contribution in [3.05, 3.63) is 34.9 Å². The van der Waals surface area contributed by atoms with Gasteiger partial charge in [-0.25, -0.2) is 0 Å². The Morgan fingerprint density at radius 2 is 2.15 bits per heavy atom. The molecule has 0 amide bonds. The molecule has 0 spiro atoms. The smallest absolute Gasteiger partial charge is 0.0994 e. The van der Waals surface area contributed by atoms with Crippen molar-refractivity contribution in [2.45, 2.75) is 50.2 Å². The van der Waals surface area contributed by atoms with Gasteiger partial charge in [0, 0.05) is 10.5 Å². The van der Waals surface area contributed by atoms with E-state index in [9.17, 15) is 5.26 Å². The minimum absolute atomic E-state index is 0.294. The maximum absolute atomic E-state index is 9.21. The summed E-state index contributed by atoms with van der Waals surface area (Å²) < 4.78 is 0.294.